The third-order valence-corrected chi connectivity index (χ3v) is 7.39. The molecule has 1 saturated heterocycles. The summed E-state index contributed by atoms with van der Waals surface area (Å²) in [6, 6.07) is 5.10. The van der Waals surface area contributed by atoms with Gasteiger partial charge in [-0.1, -0.05) is 31.0 Å². The molecule has 2 atom stereocenters. The summed E-state index contributed by atoms with van der Waals surface area (Å²) in [4.78, 5) is 12.8. The highest BCUT2D eigenvalue weighted by Gasteiger charge is 2.37. The highest BCUT2D eigenvalue weighted by molar-refractivity contribution is 7.89. The summed E-state index contributed by atoms with van der Waals surface area (Å²) >= 11 is 6.04. The zero-order chi connectivity index (χ0) is 18.0. The quantitative estimate of drug-likeness (QED) is 0.848. The minimum Gasteiger partial charge on any atom is -0.348 e. The van der Waals surface area contributed by atoms with Gasteiger partial charge in [0.1, 0.15) is 6.04 Å². The van der Waals surface area contributed by atoms with Crippen LogP contribution in [0.3, 0.4) is 0 Å². The molecule has 0 bridgehead atoms. The van der Waals surface area contributed by atoms with E-state index in [4.69, 9.17) is 11.6 Å². The van der Waals surface area contributed by atoms with Crippen molar-refractivity contribution in [3.8, 4) is 0 Å². The molecule has 5 nitrogen and oxygen atoms in total. The van der Waals surface area contributed by atoms with Gasteiger partial charge in [0.15, 0.2) is 0 Å². The molecule has 1 aliphatic carbocycles. The fourth-order valence-corrected chi connectivity index (χ4v) is 5.82. The van der Waals surface area contributed by atoms with Gasteiger partial charge in [-0.25, -0.2) is 8.42 Å². The second kappa shape index (κ2) is 7.64. The van der Waals surface area contributed by atoms with Gasteiger partial charge in [-0.3, -0.25) is 4.79 Å². The molecule has 0 radical (unpaired) electrons. The minimum absolute atomic E-state index is 0.0579. The van der Waals surface area contributed by atoms with E-state index in [1.54, 1.807) is 0 Å². The van der Waals surface area contributed by atoms with Crippen LogP contribution in [0, 0.1) is 0 Å². The van der Waals surface area contributed by atoms with Gasteiger partial charge < -0.3 is 5.32 Å². The Bertz CT molecular complexity index is 751. The van der Waals surface area contributed by atoms with Gasteiger partial charge in [-0.2, -0.15) is 4.31 Å². The van der Waals surface area contributed by atoms with Gasteiger partial charge in [0, 0.05) is 11.6 Å². The lowest BCUT2D eigenvalue weighted by molar-refractivity contribution is -0.126. The number of rotatable bonds is 5. The second-order valence-electron chi connectivity index (χ2n) is 6.88. The lowest BCUT2D eigenvalue weighted by atomic mass is 10.0. The first kappa shape index (κ1) is 18.7. The zero-order valence-corrected chi connectivity index (χ0v) is 16.1. The average molecular weight is 385 g/mol. The van der Waals surface area contributed by atoms with Crippen LogP contribution in [0.15, 0.2) is 18.2 Å². The zero-order valence-electron chi connectivity index (χ0n) is 14.5. The van der Waals surface area contributed by atoms with E-state index in [2.05, 4.69) is 5.32 Å². The van der Waals surface area contributed by atoms with Crippen molar-refractivity contribution >= 4 is 27.5 Å². The van der Waals surface area contributed by atoms with Crippen LogP contribution in [0.5, 0.6) is 0 Å². The minimum atomic E-state index is -3.37. The molecule has 1 heterocycles. The molecule has 1 aliphatic heterocycles. The number of nitrogens with zero attached hydrogens (tertiary/aromatic N) is 1. The monoisotopic (exact) mass is 384 g/mol. The standard InChI is InChI=1S/C18H25ClN2O3S/c1-2-11-25(23,24)21-10-4-3-5-17(21)18(22)20-16-9-6-13-12-14(19)7-8-15(13)16/h7-8,12,16-17H,2-6,9-11H2,1H3,(H,20,22). The Morgan fingerprint density at radius 3 is 2.88 bits per heavy atom. The Kier molecular flexibility index (Phi) is 5.71. The maximum absolute atomic E-state index is 12.8. The number of fused-ring (bicyclic) bond motifs is 1. The van der Waals surface area contributed by atoms with Crippen LogP contribution in [0.4, 0.5) is 0 Å². The van der Waals surface area contributed by atoms with Crippen LogP contribution in [-0.4, -0.2) is 37.0 Å². The Hall–Kier alpha value is -1.11. The van der Waals surface area contributed by atoms with E-state index in [1.807, 2.05) is 25.1 Å². The number of nitrogens with one attached hydrogen (secondary N) is 1. The molecule has 0 aromatic heterocycles. The van der Waals surface area contributed by atoms with Crippen molar-refractivity contribution in [3.63, 3.8) is 0 Å². The molecule has 2 unspecified atom stereocenters. The predicted molar refractivity (Wildman–Crippen MR) is 99.1 cm³/mol. The molecule has 3 rings (SSSR count). The van der Waals surface area contributed by atoms with Gasteiger partial charge in [0.25, 0.3) is 0 Å². The summed E-state index contributed by atoms with van der Waals surface area (Å²) in [7, 11) is -3.37. The molecule has 1 N–H and O–H groups in total. The number of piperidine rings is 1. The number of halogens is 1. The predicted octanol–water partition coefficient (Wildman–Crippen LogP) is 3.04. The lowest BCUT2D eigenvalue weighted by Gasteiger charge is -2.34. The molecule has 0 saturated carbocycles. The summed E-state index contributed by atoms with van der Waals surface area (Å²) in [5.41, 5.74) is 2.26. The summed E-state index contributed by atoms with van der Waals surface area (Å²) in [5.74, 6) is -0.0752. The normalized spacial score (nSPS) is 24.1. The molecule has 1 amide bonds. The summed E-state index contributed by atoms with van der Waals surface area (Å²) in [5, 5.41) is 3.78. The van der Waals surface area contributed by atoms with Gasteiger partial charge in [0.05, 0.1) is 11.8 Å². The van der Waals surface area contributed by atoms with Gasteiger partial charge in [0.2, 0.25) is 15.9 Å². The number of carbonyl (C=O) groups excluding carboxylic acids is 1. The van der Waals surface area contributed by atoms with Gasteiger partial charge in [-0.05, 0) is 55.4 Å². The average Bonchev–Trinajstić information content (AvgIpc) is 2.96. The number of carbonyl (C=O) groups is 1. The summed E-state index contributed by atoms with van der Waals surface area (Å²) in [6.45, 7) is 2.29. The molecule has 25 heavy (non-hydrogen) atoms. The van der Waals surface area contributed by atoms with E-state index >= 15 is 0 Å². The first-order chi connectivity index (χ1) is 11.9. The highest BCUT2D eigenvalue weighted by atomic mass is 35.5. The van der Waals surface area contributed by atoms with Crippen molar-refractivity contribution in [1.82, 2.24) is 9.62 Å². The van der Waals surface area contributed by atoms with E-state index in [9.17, 15) is 13.2 Å². The van der Waals surface area contributed by atoms with E-state index in [1.165, 1.54) is 4.31 Å². The molecule has 0 spiro atoms. The van der Waals surface area contributed by atoms with Crippen LogP contribution in [0.25, 0.3) is 0 Å². The van der Waals surface area contributed by atoms with Crippen molar-refractivity contribution < 1.29 is 13.2 Å². The number of sulfonamides is 1. The number of amides is 1. The van der Waals surface area contributed by atoms with Crippen molar-refractivity contribution in [3.05, 3.63) is 34.3 Å². The topological polar surface area (TPSA) is 66.5 Å². The van der Waals surface area contributed by atoms with Crippen molar-refractivity contribution in [1.29, 1.82) is 0 Å². The number of hydrogen-bond donors (Lipinski definition) is 1. The van der Waals surface area contributed by atoms with Crippen LogP contribution >= 0.6 is 11.6 Å². The molecule has 2 aliphatic rings. The van der Waals surface area contributed by atoms with Crippen molar-refractivity contribution in [2.75, 3.05) is 12.3 Å². The first-order valence-corrected chi connectivity index (χ1v) is 11.0. The largest absolute Gasteiger partial charge is 0.348 e. The first-order valence-electron chi connectivity index (χ1n) is 9.00. The van der Waals surface area contributed by atoms with Crippen LogP contribution in [0.2, 0.25) is 5.02 Å². The second-order valence-corrected chi connectivity index (χ2v) is 9.36. The Morgan fingerprint density at radius 1 is 1.32 bits per heavy atom. The van der Waals surface area contributed by atoms with Crippen LogP contribution < -0.4 is 5.32 Å². The molecule has 7 heteroatoms. The third kappa shape index (κ3) is 4.01. The van der Waals surface area contributed by atoms with E-state index in [-0.39, 0.29) is 17.7 Å². The SMILES string of the molecule is CCCS(=O)(=O)N1CCCCC1C(=O)NC1CCc2cc(Cl)ccc21. The fourth-order valence-electron chi connectivity index (χ4n) is 3.88. The molecule has 1 aromatic carbocycles. The highest BCUT2D eigenvalue weighted by Crippen LogP contribution is 2.33. The van der Waals surface area contributed by atoms with E-state index in [0.717, 1.165) is 36.8 Å². The number of aryl methyl sites for hydroxylation is 1. The van der Waals surface area contributed by atoms with Crippen LogP contribution in [-0.2, 0) is 21.2 Å². The van der Waals surface area contributed by atoms with E-state index in [0.29, 0.717) is 24.4 Å². The van der Waals surface area contributed by atoms with Gasteiger partial charge in [-0.15, -0.1) is 0 Å². The smallest absolute Gasteiger partial charge is 0.238 e. The number of benzene rings is 1. The molecule has 138 valence electrons. The van der Waals surface area contributed by atoms with Crippen LogP contribution in [0.1, 0.15) is 56.2 Å². The fraction of sp³-hybridized carbons (Fsp3) is 0.611. The van der Waals surface area contributed by atoms with Gasteiger partial charge >= 0.3 is 0 Å². The van der Waals surface area contributed by atoms with E-state index < -0.39 is 16.1 Å². The third-order valence-electron chi connectivity index (χ3n) is 5.07. The maximum Gasteiger partial charge on any atom is 0.238 e. The Balaban J connectivity index is 1.74. The summed E-state index contributed by atoms with van der Waals surface area (Å²) in [6.07, 6.45) is 4.56. The maximum atomic E-state index is 12.8. The molecular weight excluding hydrogens is 360 g/mol. The number of hydrogen-bond acceptors (Lipinski definition) is 3. The van der Waals surface area contributed by atoms with Crippen molar-refractivity contribution in [2.24, 2.45) is 0 Å². The molecule has 1 fully saturated rings. The van der Waals surface area contributed by atoms with Crippen molar-refractivity contribution in [2.45, 2.75) is 57.5 Å². The Morgan fingerprint density at radius 2 is 2.12 bits per heavy atom. The lowest BCUT2D eigenvalue weighted by Crippen LogP contribution is -2.52. The summed E-state index contributed by atoms with van der Waals surface area (Å²) < 4.78 is 26.4. The Labute approximate surface area is 154 Å². The molecular formula is C18H25ClN2O3S. The molecule has 1 aromatic rings.